The summed E-state index contributed by atoms with van der Waals surface area (Å²) in [6, 6.07) is 15.6. The van der Waals surface area contributed by atoms with Crippen molar-refractivity contribution in [1.82, 2.24) is 54.5 Å². The fourth-order valence-electron chi connectivity index (χ4n) is 16.1. The van der Waals surface area contributed by atoms with Crippen molar-refractivity contribution in [3.63, 3.8) is 0 Å². The van der Waals surface area contributed by atoms with Crippen molar-refractivity contribution in [2.75, 3.05) is 77.7 Å². The van der Waals surface area contributed by atoms with E-state index in [9.17, 15) is 33.6 Å². The molecule has 6 aliphatic rings. The summed E-state index contributed by atoms with van der Waals surface area (Å²) in [5.74, 6) is -1.84. The number of piperidine rings is 6. The highest BCUT2D eigenvalue weighted by molar-refractivity contribution is 6.32. The van der Waals surface area contributed by atoms with Gasteiger partial charge in [-0.05, 0) is 179 Å². The average molecular weight is 1410 g/mol. The van der Waals surface area contributed by atoms with Gasteiger partial charge in [0, 0.05) is 159 Å². The van der Waals surface area contributed by atoms with Gasteiger partial charge < -0.3 is 43.9 Å². The number of carbonyl (C=O) groups excluding carboxylic acids is 5. The molecule has 6 saturated heterocycles. The van der Waals surface area contributed by atoms with Gasteiger partial charge in [0.1, 0.15) is 46.6 Å². The fourth-order valence-corrected chi connectivity index (χ4v) is 16.4. The predicted molar refractivity (Wildman–Crippen MR) is 379 cm³/mol. The van der Waals surface area contributed by atoms with Crippen LogP contribution in [0.5, 0.6) is 11.5 Å². The van der Waals surface area contributed by atoms with Gasteiger partial charge in [-0.15, -0.1) is 0 Å². The summed E-state index contributed by atoms with van der Waals surface area (Å²) >= 11 is 7.33. The molecule has 4 atom stereocenters. The molecule has 22 nitrogen and oxygen atoms in total. The number of urea groups is 1. The van der Waals surface area contributed by atoms with Gasteiger partial charge in [-0.25, -0.2) is 18.0 Å². The number of anilines is 2. The molecular formula is C75H87ClF3N13O9. The third kappa shape index (κ3) is 14.9. The Kier molecular flexibility index (Phi) is 20.8. The zero-order valence-electron chi connectivity index (χ0n) is 57.9. The SMILES string of the molecule is COc1cc(-c2cn(CC3CC(N4CCC(c5ccc(NC6CCC(=O)NC6=O)cc5F)CC4)CCN3Cc3c(Cl)cc(-c4cn(C)c(=O)c5[nH]ncc45)cc3OC)c(=O)c(C)c2C)cc(F)c1CN1CCC(N(C)C(=O)N2CCC(c3ccc(NC4CCC(=O)NC4=O)cc3F)CC2)CC1. The van der Waals surface area contributed by atoms with Gasteiger partial charge in [-0.1, -0.05) is 23.7 Å². The number of benzene rings is 4. The van der Waals surface area contributed by atoms with Gasteiger partial charge >= 0.3 is 6.03 Å². The number of rotatable bonds is 18. The molecule has 3 aromatic heterocycles. The topological polar surface area (TPSA) is 241 Å². The Balaban J connectivity index is 0.685. The monoisotopic (exact) mass is 1410 g/mol. The number of H-pyrrole nitrogens is 1. The van der Waals surface area contributed by atoms with E-state index in [2.05, 4.69) is 46.2 Å². The van der Waals surface area contributed by atoms with Crippen molar-refractivity contribution < 1.29 is 46.6 Å². The molecule has 0 saturated carbocycles. The molecule has 534 valence electrons. The molecule has 6 aliphatic heterocycles. The van der Waals surface area contributed by atoms with Crippen molar-refractivity contribution in [1.29, 1.82) is 0 Å². The lowest BCUT2D eigenvalue weighted by atomic mass is 9.86. The quantitative estimate of drug-likeness (QED) is 0.0503. The Morgan fingerprint density at radius 1 is 0.653 bits per heavy atom. The highest BCUT2D eigenvalue weighted by Crippen LogP contribution is 2.41. The van der Waals surface area contributed by atoms with Gasteiger partial charge in [0.2, 0.25) is 23.6 Å². The number of ether oxygens (including phenoxy) is 2. The Morgan fingerprint density at radius 2 is 1.24 bits per heavy atom. The van der Waals surface area contributed by atoms with E-state index in [0.717, 1.165) is 49.0 Å². The zero-order chi connectivity index (χ0) is 71.1. The molecule has 13 rings (SSSR count). The summed E-state index contributed by atoms with van der Waals surface area (Å²) in [6.07, 6.45) is 11.8. The molecule has 0 spiro atoms. The highest BCUT2D eigenvalue weighted by Gasteiger charge is 2.38. The van der Waals surface area contributed by atoms with Crippen molar-refractivity contribution in [2.45, 2.75) is 153 Å². The van der Waals surface area contributed by atoms with Gasteiger partial charge in [-0.3, -0.25) is 54.3 Å². The van der Waals surface area contributed by atoms with E-state index in [0.29, 0.717) is 169 Å². The number of carbonyl (C=O) groups is 5. The molecular weight excluding hydrogens is 1320 g/mol. The number of nitrogens with one attached hydrogen (secondary N) is 5. The van der Waals surface area contributed by atoms with Crippen LogP contribution in [0.4, 0.5) is 29.3 Å². The minimum atomic E-state index is -0.629. The number of halogens is 4. The van der Waals surface area contributed by atoms with E-state index in [1.165, 1.54) is 29.9 Å². The first-order valence-electron chi connectivity index (χ1n) is 35.1. The second-order valence-electron chi connectivity index (χ2n) is 28.2. The Morgan fingerprint density at radius 3 is 1.82 bits per heavy atom. The number of hydrogen-bond donors (Lipinski definition) is 5. The number of hydrogen-bond acceptors (Lipinski definition) is 15. The third-order valence-electron chi connectivity index (χ3n) is 22.2. The van der Waals surface area contributed by atoms with Crippen LogP contribution in [0.15, 0.2) is 88.8 Å². The summed E-state index contributed by atoms with van der Waals surface area (Å²) in [5.41, 5.74) is 7.26. The lowest BCUT2D eigenvalue weighted by Gasteiger charge is -2.46. The van der Waals surface area contributed by atoms with Crippen LogP contribution in [0.3, 0.4) is 0 Å². The van der Waals surface area contributed by atoms with Crippen LogP contribution in [0, 0.1) is 31.3 Å². The lowest BCUT2D eigenvalue weighted by molar-refractivity contribution is -0.135. The van der Waals surface area contributed by atoms with Crippen LogP contribution in [0.1, 0.15) is 122 Å². The Bertz CT molecular complexity index is 4480. The smallest absolute Gasteiger partial charge is 0.319 e. The van der Waals surface area contributed by atoms with Crippen molar-refractivity contribution in [2.24, 2.45) is 7.05 Å². The van der Waals surface area contributed by atoms with Crippen LogP contribution in [-0.4, -0.2) is 171 Å². The minimum absolute atomic E-state index is 0.0268. The third-order valence-corrected chi connectivity index (χ3v) is 22.5. The molecule has 101 heavy (non-hydrogen) atoms. The minimum Gasteiger partial charge on any atom is -0.496 e. The average Bonchev–Trinajstić information content (AvgIpc) is 1.76. The predicted octanol–water partition coefficient (Wildman–Crippen LogP) is 9.70. The number of pyridine rings is 2. The fraction of sp³-hybridized carbons (Fsp3) is 0.467. The van der Waals surface area contributed by atoms with Gasteiger partial charge in [0.15, 0.2) is 0 Å². The van der Waals surface area contributed by atoms with Crippen LogP contribution in [0.25, 0.3) is 33.2 Å². The molecule has 6 amide bonds. The van der Waals surface area contributed by atoms with E-state index in [4.69, 9.17) is 21.1 Å². The summed E-state index contributed by atoms with van der Waals surface area (Å²) in [7, 11) is 6.65. The highest BCUT2D eigenvalue weighted by atomic mass is 35.5. The molecule has 0 radical (unpaired) electrons. The van der Waals surface area contributed by atoms with Gasteiger partial charge in [-0.2, -0.15) is 5.10 Å². The van der Waals surface area contributed by atoms with E-state index in [1.54, 1.807) is 62.3 Å². The number of imide groups is 2. The number of methoxy groups -OCH3 is 2. The molecule has 0 bridgehead atoms. The number of nitrogens with zero attached hydrogens (tertiary/aromatic N) is 8. The normalized spacial score (nSPS) is 21.0. The number of likely N-dealkylation sites (tertiary alicyclic amines) is 4. The van der Waals surface area contributed by atoms with Crippen molar-refractivity contribution >= 4 is 63.5 Å². The van der Waals surface area contributed by atoms with Gasteiger partial charge in [0.05, 0.1) is 20.4 Å². The summed E-state index contributed by atoms with van der Waals surface area (Å²) in [6.45, 7) is 8.91. The van der Waals surface area contributed by atoms with E-state index in [1.807, 2.05) is 48.2 Å². The zero-order valence-corrected chi connectivity index (χ0v) is 58.6. The molecule has 5 N–H and O–H groups in total. The lowest BCUT2D eigenvalue weighted by Crippen LogP contribution is -2.53. The molecule has 4 aromatic carbocycles. The number of fused-ring (bicyclic) bond motifs is 1. The summed E-state index contributed by atoms with van der Waals surface area (Å²) < 4.78 is 63.9. The first-order valence-corrected chi connectivity index (χ1v) is 35.5. The first-order chi connectivity index (χ1) is 48.6. The van der Waals surface area contributed by atoms with E-state index >= 15 is 13.2 Å². The second kappa shape index (κ2) is 29.9. The number of amides is 6. The van der Waals surface area contributed by atoms with Crippen LogP contribution in [-0.2, 0) is 45.9 Å². The molecule has 0 aliphatic carbocycles. The number of aromatic nitrogens is 4. The molecule has 26 heteroatoms. The maximum atomic E-state index is 17.0. The van der Waals surface area contributed by atoms with E-state index < -0.39 is 29.7 Å². The molecule has 4 unspecified atom stereocenters. The Labute approximate surface area is 588 Å². The van der Waals surface area contributed by atoms with Crippen LogP contribution in [0.2, 0.25) is 5.02 Å². The summed E-state index contributed by atoms with van der Waals surface area (Å²) in [5, 5.41) is 18.9. The largest absolute Gasteiger partial charge is 0.496 e. The Hall–Kier alpha value is -9.04. The van der Waals surface area contributed by atoms with E-state index in [-0.39, 0.29) is 89.9 Å². The number of aromatic amines is 1. The number of aryl methyl sites for hydroxylation is 1. The second-order valence-corrected chi connectivity index (χ2v) is 28.6. The van der Waals surface area contributed by atoms with Gasteiger partial charge in [0.25, 0.3) is 11.1 Å². The van der Waals surface area contributed by atoms with Crippen molar-refractivity contribution in [3.8, 4) is 33.8 Å². The first kappa shape index (κ1) is 70.4. The summed E-state index contributed by atoms with van der Waals surface area (Å²) in [4.78, 5) is 100. The van der Waals surface area contributed by atoms with Crippen molar-refractivity contribution in [3.05, 3.63) is 156 Å². The molecule has 6 fully saturated rings. The van der Waals surface area contributed by atoms with Crippen LogP contribution < -0.4 is 41.9 Å². The van der Waals surface area contributed by atoms with Crippen LogP contribution >= 0.6 is 11.6 Å². The standard InChI is InChI=1S/C75H87ClF3N13O9/c1-42-43(2)73(97)92(40-56(42)47-30-61(77)59(67(32-47)101-6)39-88-22-19-50(20-23-88)87(4)75(99)90-26-17-45(18-27-90)54-10-8-49(34-63(54)79)82-65-12-14-69(94)84-72(65)96)37-52-35-51(89-24-15-44(16-25-89)53-9-7-48(33-62(53)78)81-64-11-13-68(93)83-71(64)95)21-28-91(52)41-58-60(76)29-46(31-66(58)100-5)57-38-86(3)74(98)70-55(57)36-80-85-70/h7-10,29-34,36,38,40,44-45,50-52,64-65,81-82H,11-28,35,37,39,41H2,1-6H3,(H,80,85)(H,83,93,95)(H,84,94,96). The molecule has 7 aromatic rings. The maximum Gasteiger partial charge on any atom is 0.319 e. The molecule has 9 heterocycles. The maximum absolute atomic E-state index is 17.0.